The van der Waals surface area contributed by atoms with Gasteiger partial charge in [-0.25, -0.2) is 8.42 Å². The van der Waals surface area contributed by atoms with Crippen LogP contribution in [-0.2, 0) is 10.0 Å². The molecule has 1 amide bonds. The summed E-state index contributed by atoms with van der Waals surface area (Å²) in [6, 6.07) is 5.14. The lowest BCUT2D eigenvalue weighted by molar-refractivity contribution is 0.0742. The zero-order valence-electron chi connectivity index (χ0n) is 15.7. The lowest BCUT2D eigenvalue weighted by atomic mass is 10.1. The summed E-state index contributed by atoms with van der Waals surface area (Å²) in [5.74, 6) is -0.0398. The lowest BCUT2D eigenvalue weighted by Crippen LogP contribution is -2.36. The number of hydrogen-bond acceptors (Lipinski definition) is 3. The summed E-state index contributed by atoms with van der Waals surface area (Å²) in [5, 5.41) is 0. The molecule has 1 aromatic carbocycles. The number of piperidine rings is 1. The molecule has 2 heterocycles. The van der Waals surface area contributed by atoms with Crippen molar-refractivity contribution in [2.75, 3.05) is 26.2 Å². The van der Waals surface area contributed by atoms with Gasteiger partial charge in [0.25, 0.3) is 5.91 Å². The topological polar surface area (TPSA) is 57.7 Å². The second-order valence-electron chi connectivity index (χ2n) is 7.50. The Bertz CT molecular complexity index is 731. The smallest absolute Gasteiger partial charge is 0.253 e. The van der Waals surface area contributed by atoms with Crippen molar-refractivity contribution in [1.29, 1.82) is 0 Å². The molecule has 0 aromatic heterocycles. The Balaban J connectivity index is 1.85. The number of nitrogens with zero attached hydrogens (tertiary/aromatic N) is 2. The van der Waals surface area contributed by atoms with Gasteiger partial charge in [-0.1, -0.05) is 31.7 Å². The number of hydrogen-bond donors (Lipinski definition) is 0. The highest BCUT2D eigenvalue weighted by Gasteiger charge is 2.28. The fourth-order valence-electron chi connectivity index (χ4n) is 3.89. The van der Waals surface area contributed by atoms with Crippen LogP contribution < -0.4 is 0 Å². The number of rotatable bonds is 3. The normalized spacial score (nSPS) is 20.4. The van der Waals surface area contributed by atoms with Crippen LogP contribution in [0.15, 0.2) is 23.1 Å². The standard InChI is InChI=1S/C20H30N2O3S/c1-17-10-11-18(20(23)21-12-6-3-2-4-7-13-21)16-19(17)26(24,25)22-14-8-5-9-15-22/h10-11,16H,2-9,12-15H2,1H3. The summed E-state index contributed by atoms with van der Waals surface area (Å²) in [4.78, 5) is 15.1. The minimum absolute atomic E-state index is 0.0398. The molecule has 2 aliphatic heterocycles. The molecule has 26 heavy (non-hydrogen) atoms. The fourth-order valence-corrected chi connectivity index (χ4v) is 5.66. The number of likely N-dealkylation sites (tertiary alicyclic amines) is 1. The van der Waals surface area contributed by atoms with E-state index in [1.165, 1.54) is 6.42 Å². The van der Waals surface area contributed by atoms with E-state index >= 15 is 0 Å². The molecule has 144 valence electrons. The molecule has 0 spiro atoms. The number of amides is 1. The minimum Gasteiger partial charge on any atom is -0.339 e. The third kappa shape index (κ3) is 4.29. The second-order valence-corrected chi connectivity index (χ2v) is 9.41. The SMILES string of the molecule is Cc1ccc(C(=O)N2CCCCCCC2)cc1S(=O)(=O)N1CCCCC1. The fraction of sp³-hybridized carbons (Fsp3) is 0.650. The van der Waals surface area contributed by atoms with E-state index in [0.29, 0.717) is 24.2 Å². The molecule has 2 saturated heterocycles. The molecule has 0 radical (unpaired) electrons. The van der Waals surface area contributed by atoms with Crippen LogP contribution in [0.4, 0.5) is 0 Å². The van der Waals surface area contributed by atoms with Crippen LogP contribution >= 0.6 is 0 Å². The van der Waals surface area contributed by atoms with Gasteiger partial charge in [0.2, 0.25) is 10.0 Å². The van der Waals surface area contributed by atoms with Crippen molar-refractivity contribution in [2.24, 2.45) is 0 Å². The zero-order valence-corrected chi connectivity index (χ0v) is 16.6. The molecule has 2 aliphatic rings. The van der Waals surface area contributed by atoms with E-state index in [-0.39, 0.29) is 10.8 Å². The Kier molecular flexibility index (Phi) is 6.35. The maximum Gasteiger partial charge on any atom is 0.253 e. The lowest BCUT2D eigenvalue weighted by Gasteiger charge is -2.27. The summed E-state index contributed by atoms with van der Waals surface area (Å²) in [5.41, 5.74) is 1.20. The number of benzene rings is 1. The first kappa shape index (κ1) is 19.4. The van der Waals surface area contributed by atoms with Gasteiger partial charge in [0.1, 0.15) is 0 Å². The van der Waals surface area contributed by atoms with Gasteiger partial charge in [0.15, 0.2) is 0 Å². The van der Waals surface area contributed by atoms with E-state index in [9.17, 15) is 13.2 Å². The van der Waals surface area contributed by atoms with Crippen LogP contribution in [0.2, 0.25) is 0 Å². The first-order chi connectivity index (χ1) is 12.5. The quantitative estimate of drug-likeness (QED) is 0.808. The van der Waals surface area contributed by atoms with Crippen molar-refractivity contribution in [3.05, 3.63) is 29.3 Å². The highest BCUT2D eigenvalue weighted by molar-refractivity contribution is 7.89. The zero-order chi connectivity index (χ0) is 18.6. The largest absolute Gasteiger partial charge is 0.339 e. The monoisotopic (exact) mass is 378 g/mol. The third-order valence-corrected chi connectivity index (χ3v) is 7.55. The Morgan fingerprint density at radius 3 is 2.04 bits per heavy atom. The first-order valence-electron chi connectivity index (χ1n) is 9.90. The molecule has 5 nitrogen and oxygen atoms in total. The average Bonchev–Trinajstić information content (AvgIpc) is 2.62. The molecule has 0 unspecified atom stereocenters. The summed E-state index contributed by atoms with van der Waals surface area (Å²) < 4.78 is 27.7. The molecule has 3 rings (SSSR count). The number of sulfonamides is 1. The van der Waals surface area contributed by atoms with Gasteiger partial charge in [-0.3, -0.25) is 4.79 Å². The highest BCUT2D eigenvalue weighted by atomic mass is 32.2. The highest BCUT2D eigenvalue weighted by Crippen LogP contribution is 2.25. The molecule has 0 N–H and O–H groups in total. The van der Waals surface area contributed by atoms with Crippen LogP contribution in [0.25, 0.3) is 0 Å². The van der Waals surface area contributed by atoms with Gasteiger partial charge in [-0.05, 0) is 50.3 Å². The van der Waals surface area contributed by atoms with E-state index in [0.717, 1.165) is 58.0 Å². The molecule has 0 saturated carbocycles. The summed E-state index contributed by atoms with van der Waals surface area (Å²) in [6.07, 6.45) is 8.50. The molecule has 6 heteroatoms. The molecular weight excluding hydrogens is 348 g/mol. The molecular formula is C20H30N2O3S. The van der Waals surface area contributed by atoms with Gasteiger partial charge in [-0.2, -0.15) is 4.31 Å². The predicted molar refractivity (Wildman–Crippen MR) is 103 cm³/mol. The Labute approximate surface area is 157 Å². The van der Waals surface area contributed by atoms with E-state index in [4.69, 9.17) is 0 Å². The maximum absolute atomic E-state index is 13.1. The van der Waals surface area contributed by atoms with Crippen molar-refractivity contribution in [3.63, 3.8) is 0 Å². The number of carbonyl (C=O) groups excluding carboxylic acids is 1. The van der Waals surface area contributed by atoms with Crippen molar-refractivity contribution >= 4 is 15.9 Å². The van der Waals surface area contributed by atoms with Gasteiger partial charge < -0.3 is 4.90 Å². The van der Waals surface area contributed by atoms with E-state index in [1.807, 2.05) is 4.90 Å². The summed E-state index contributed by atoms with van der Waals surface area (Å²) in [7, 11) is -3.53. The molecule has 2 fully saturated rings. The van der Waals surface area contributed by atoms with Crippen molar-refractivity contribution in [3.8, 4) is 0 Å². The van der Waals surface area contributed by atoms with E-state index in [1.54, 1.807) is 29.4 Å². The van der Waals surface area contributed by atoms with Crippen LogP contribution in [0.3, 0.4) is 0 Å². The first-order valence-corrected chi connectivity index (χ1v) is 11.3. The number of aryl methyl sites for hydroxylation is 1. The summed E-state index contributed by atoms with van der Waals surface area (Å²) >= 11 is 0. The maximum atomic E-state index is 13.1. The van der Waals surface area contributed by atoms with Gasteiger partial charge in [-0.15, -0.1) is 0 Å². The Hall–Kier alpha value is -1.40. The summed E-state index contributed by atoms with van der Waals surface area (Å²) in [6.45, 7) is 4.49. The molecule has 0 aliphatic carbocycles. The molecule has 0 bridgehead atoms. The van der Waals surface area contributed by atoms with Crippen molar-refractivity contribution in [2.45, 2.75) is 63.2 Å². The third-order valence-electron chi connectivity index (χ3n) is 5.51. The Morgan fingerprint density at radius 2 is 1.38 bits per heavy atom. The van der Waals surface area contributed by atoms with Gasteiger partial charge >= 0.3 is 0 Å². The van der Waals surface area contributed by atoms with E-state index < -0.39 is 10.0 Å². The second kappa shape index (κ2) is 8.53. The van der Waals surface area contributed by atoms with Crippen LogP contribution in [0.1, 0.15) is 67.3 Å². The molecule has 1 aromatic rings. The average molecular weight is 379 g/mol. The minimum atomic E-state index is -3.53. The van der Waals surface area contributed by atoms with E-state index in [2.05, 4.69) is 0 Å². The Morgan fingerprint density at radius 1 is 0.846 bits per heavy atom. The van der Waals surface area contributed by atoms with Crippen molar-refractivity contribution in [1.82, 2.24) is 9.21 Å². The molecule has 0 atom stereocenters. The van der Waals surface area contributed by atoms with Crippen molar-refractivity contribution < 1.29 is 13.2 Å². The van der Waals surface area contributed by atoms with Gasteiger partial charge in [0.05, 0.1) is 4.90 Å². The number of carbonyl (C=O) groups is 1. The predicted octanol–water partition coefficient (Wildman–Crippen LogP) is 3.58. The van der Waals surface area contributed by atoms with Crippen LogP contribution in [-0.4, -0.2) is 49.7 Å². The van der Waals surface area contributed by atoms with Crippen LogP contribution in [0.5, 0.6) is 0 Å². The van der Waals surface area contributed by atoms with Crippen LogP contribution in [0, 0.1) is 6.92 Å². The van der Waals surface area contributed by atoms with Gasteiger partial charge in [0, 0.05) is 31.7 Å².